The minimum Gasteiger partial charge on any atom is -0.393 e. The summed E-state index contributed by atoms with van der Waals surface area (Å²) in [5.41, 5.74) is 1.63. The highest BCUT2D eigenvalue weighted by molar-refractivity contribution is 5.61. The Bertz CT molecular complexity index is 876. The fourth-order valence-electron chi connectivity index (χ4n) is 10.6. The standard InChI is InChI=1S/C30H48O3/c1-25(2)16-20-19-8-9-22-27(4)12-11-23(32)28(5,18-31)21(27)10-13-30(22,7)29(19,6)15-14-26(20,3)24(33)17-25/h8,18,20-24,32-33H,9-17H2,1-7H3/t20-,21?,22?,23-,24+,26+,27-,28+,29+,30+/m0/s1. The van der Waals surface area contributed by atoms with Crippen LogP contribution in [-0.4, -0.2) is 28.7 Å². The van der Waals surface area contributed by atoms with Gasteiger partial charge in [0.2, 0.25) is 0 Å². The highest BCUT2D eigenvalue weighted by atomic mass is 16.3. The molecule has 2 N–H and O–H groups in total. The number of hydrogen-bond donors (Lipinski definition) is 2. The zero-order valence-electron chi connectivity index (χ0n) is 22.2. The first-order valence-corrected chi connectivity index (χ1v) is 13.7. The number of aliphatic hydroxyl groups excluding tert-OH is 2. The molecule has 5 rings (SSSR count). The van der Waals surface area contributed by atoms with Gasteiger partial charge < -0.3 is 15.0 Å². The number of carbonyl (C=O) groups excluding carboxylic acids is 1. The van der Waals surface area contributed by atoms with Crippen molar-refractivity contribution in [2.45, 2.75) is 118 Å². The van der Waals surface area contributed by atoms with Gasteiger partial charge in [0, 0.05) is 5.41 Å². The molecule has 0 bridgehead atoms. The molecule has 3 nitrogen and oxygen atoms in total. The van der Waals surface area contributed by atoms with Crippen LogP contribution in [-0.2, 0) is 4.79 Å². The van der Waals surface area contributed by atoms with E-state index in [1.165, 1.54) is 6.42 Å². The molecule has 4 fully saturated rings. The van der Waals surface area contributed by atoms with Crippen molar-refractivity contribution in [2.75, 3.05) is 0 Å². The van der Waals surface area contributed by atoms with Crippen molar-refractivity contribution in [1.82, 2.24) is 0 Å². The molecule has 0 saturated heterocycles. The monoisotopic (exact) mass is 456 g/mol. The summed E-state index contributed by atoms with van der Waals surface area (Å²) in [5, 5.41) is 22.1. The van der Waals surface area contributed by atoms with Crippen LogP contribution in [0.25, 0.3) is 0 Å². The molecule has 0 spiro atoms. The first kappa shape index (κ1) is 24.0. The molecule has 2 unspecified atom stereocenters. The zero-order chi connectivity index (χ0) is 24.2. The molecule has 0 aliphatic heterocycles. The van der Waals surface area contributed by atoms with Gasteiger partial charge in [-0.1, -0.05) is 60.1 Å². The van der Waals surface area contributed by atoms with Crippen molar-refractivity contribution in [3.8, 4) is 0 Å². The summed E-state index contributed by atoms with van der Waals surface area (Å²) in [7, 11) is 0. The van der Waals surface area contributed by atoms with E-state index >= 15 is 0 Å². The Balaban J connectivity index is 1.59. The summed E-state index contributed by atoms with van der Waals surface area (Å²) in [6, 6.07) is 0. The lowest BCUT2D eigenvalue weighted by atomic mass is 9.33. The average molecular weight is 457 g/mol. The van der Waals surface area contributed by atoms with Crippen LogP contribution >= 0.6 is 0 Å². The third-order valence-electron chi connectivity index (χ3n) is 13.1. The predicted octanol–water partition coefficient (Wildman–Crippen LogP) is 6.32. The van der Waals surface area contributed by atoms with Crippen molar-refractivity contribution in [3.63, 3.8) is 0 Å². The third-order valence-corrected chi connectivity index (χ3v) is 13.1. The van der Waals surface area contributed by atoms with Crippen molar-refractivity contribution in [3.05, 3.63) is 11.6 Å². The van der Waals surface area contributed by atoms with E-state index in [2.05, 4.69) is 47.6 Å². The molecule has 4 saturated carbocycles. The fraction of sp³-hybridized carbons (Fsp3) is 0.900. The lowest BCUT2D eigenvalue weighted by molar-refractivity contribution is -0.206. The molecular formula is C30H48O3. The quantitative estimate of drug-likeness (QED) is 0.359. The number of hydrogen-bond acceptors (Lipinski definition) is 3. The molecular weight excluding hydrogens is 408 g/mol. The predicted molar refractivity (Wildman–Crippen MR) is 132 cm³/mol. The van der Waals surface area contributed by atoms with Crippen LogP contribution in [0.15, 0.2) is 11.6 Å². The number of rotatable bonds is 1. The highest BCUT2D eigenvalue weighted by Gasteiger charge is 2.69. The van der Waals surface area contributed by atoms with E-state index in [1.807, 2.05) is 6.92 Å². The summed E-state index contributed by atoms with van der Waals surface area (Å²) < 4.78 is 0. The summed E-state index contributed by atoms with van der Waals surface area (Å²) in [6.07, 6.45) is 12.3. The molecule has 5 aliphatic carbocycles. The van der Waals surface area contributed by atoms with Gasteiger partial charge in [0.05, 0.1) is 17.6 Å². The normalized spacial score (nSPS) is 57.6. The van der Waals surface area contributed by atoms with E-state index in [4.69, 9.17) is 0 Å². The number of carbonyl (C=O) groups is 1. The molecule has 10 atom stereocenters. The average Bonchev–Trinajstić information content (AvgIpc) is 2.73. The molecule has 3 heteroatoms. The first-order chi connectivity index (χ1) is 15.2. The lowest BCUT2D eigenvalue weighted by Gasteiger charge is -2.71. The Kier molecular flexibility index (Phi) is 5.07. The minimum atomic E-state index is -0.623. The van der Waals surface area contributed by atoms with Gasteiger partial charge in [-0.25, -0.2) is 0 Å². The molecule has 5 aliphatic rings. The second-order valence-electron chi connectivity index (χ2n) is 15.0. The van der Waals surface area contributed by atoms with E-state index in [9.17, 15) is 15.0 Å². The molecule has 0 radical (unpaired) electrons. The Hall–Kier alpha value is -0.670. The number of allylic oxidation sites excluding steroid dienone is 2. The van der Waals surface area contributed by atoms with E-state index in [-0.39, 0.29) is 39.1 Å². The fourth-order valence-corrected chi connectivity index (χ4v) is 10.6. The van der Waals surface area contributed by atoms with Gasteiger partial charge in [0.15, 0.2) is 0 Å². The van der Waals surface area contributed by atoms with Crippen LogP contribution < -0.4 is 0 Å². The van der Waals surface area contributed by atoms with Gasteiger partial charge in [0.1, 0.15) is 6.29 Å². The maximum absolute atomic E-state index is 12.3. The van der Waals surface area contributed by atoms with E-state index in [1.54, 1.807) is 5.57 Å². The molecule has 186 valence electrons. The Morgan fingerprint density at radius 2 is 1.52 bits per heavy atom. The summed E-state index contributed by atoms with van der Waals surface area (Å²) >= 11 is 0. The van der Waals surface area contributed by atoms with Crippen LogP contribution in [0.2, 0.25) is 0 Å². The molecule has 0 aromatic rings. The maximum Gasteiger partial charge on any atom is 0.128 e. The third kappa shape index (κ3) is 2.85. The van der Waals surface area contributed by atoms with Gasteiger partial charge in [0.25, 0.3) is 0 Å². The van der Waals surface area contributed by atoms with Crippen LogP contribution in [0.4, 0.5) is 0 Å². The molecule has 0 heterocycles. The Morgan fingerprint density at radius 1 is 0.818 bits per heavy atom. The zero-order valence-corrected chi connectivity index (χ0v) is 22.2. The van der Waals surface area contributed by atoms with Crippen LogP contribution in [0.3, 0.4) is 0 Å². The Labute approximate surface area is 201 Å². The largest absolute Gasteiger partial charge is 0.393 e. The van der Waals surface area contributed by atoms with E-state index in [0.717, 1.165) is 57.7 Å². The summed E-state index contributed by atoms with van der Waals surface area (Å²) in [6.45, 7) is 16.7. The van der Waals surface area contributed by atoms with Crippen LogP contribution in [0.5, 0.6) is 0 Å². The van der Waals surface area contributed by atoms with E-state index < -0.39 is 11.5 Å². The number of fused-ring (bicyclic) bond motifs is 7. The topological polar surface area (TPSA) is 57.5 Å². The molecule has 0 aromatic heterocycles. The molecule has 0 aromatic carbocycles. The van der Waals surface area contributed by atoms with Gasteiger partial charge in [-0.15, -0.1) is 0 Å². The Morgan fingerprint density at radius 3 is 2.18 bits per heavy atom. The minimum absolute atomic E-state index is 0.00377. The summed E-state index contributed by atoms with van der Waals surface area (Å²) in [5.74, 6) is 1.26. The second kappa shape index (κ2) is 6.96. The number of aliphatic hydroxyl groups is 2. The van der Waals surface area contributed by atoms with E-state index in [0.29, 0.717) is 11.8 Å². The van der Waals surface area contributed by atoms with Crippen molar-refractivity contribution in [1.29, 1.82) is 0 Å². The second-order valence-corrected chi connectivity index (χ2v) is 15.0. The smallest absolute Gasteiger partial charge is 0.128 e. The lowest BCUT2D eigenvalue weighted by Crippen LogP contribution is -2.65. The van der Waals surface area contributed by atoms with Crippen LogP contribution in [0, 0.1) is 50.2 Å². The van der Waals surface area contributed by atoms with Crippen LogP contribution in [0.1, 0.15) is 106 Å². The van der Waals surface area contributed by atoms with Crippen molar-refractivity contribution < 1.29 is 15.0 Å². The number of aldehydes is 1. The highest BCUT2D eigenvalue weighted by Crippen LogP contribution is 2.75. The van der Waals surface area contributed by atoms with Gasteiger partial charge >= 0.3 is 0 Å². The molecule has 33 heavy (non-hydrogen) atoms. The SMILES string of the molecule is CC1(C)C[C@@H](O)[C@]2(C)CC[C@]3(C)C(=CCC4[C@@]5(C)CC[C@H](O)[C@](C)(C=O)C5CC[C@]43C)[C@@H]2C1. The molecule has 0 amide bonds. The van der Waals surface area contributed by atoms with Gasteiger partial charge in [-0.05, 0) is 97.2 Å². The van der Waals surface area contributed by atoms with Gasteiger partial charge in [-0.2, -0.15) is 0 Å². The first-order valence-electron chi connectivity index (χ1n) is 13.7. The van der Waals surface area contributed by atoms with Crippen molar-refractivity contribution >= 4 is 6.29 Å². The summed E-state index contributed by atoms with van der Waals surface area (Å²) in [4.78, 5) is 12.3. The van der Waals surface area contributed by atoms with Crippen molar-refractivity contribution in [2.24, 2.45) is 50.2 Å². The van der Waals surface area contributed by atoms with Gasteiger partial charge in [-0.3, -0.25) is 0 Å². The maximum atomic E-state index is 12.3.